The molecule has 0 bridgehead atoms. The summed E-state index contributed by atoms with van der Waals surface area (Å²) in [6.07, 6.45) is -0.767. The molecule has 1 aliphatic heterocycles. The first-order chi connectivity index (χ1) is 7.13. The number of nitrogens with two attached hydrogens (primary N) is 1. The number of nitrogens with one attached hydrogen (secondary N) is 1. The molecule has 0 radical (unpaired) electrons. The maximum atomic E-state index is 11.3. The quantitative estimate of drug-likeness (QED) is 0.591. The Bertz CT molecular complexity index is 269. The Morgan fingerprint density at radius 3 is 3.00 bits per heavy atom. The van der Waals surface area contributed by atoms with Crippen LogP contribution in [0.1, 0.15) is 6.42 Å². The molecule has 0 aromatic carbocycles. The van der Waals surface area contributed by atoms with Gasteiger partial charge in [-0.25, -0.2) is 9.59 Å². The van der Waals surface area contributed by atoms with Crippen molar-refractivity contribution in [3.05, 3.63) is 0 Å². The number of amides is 3. The van der Waals surface area contributed by atoms with Gasteiger partial charge in [-0.15, -0.1) is 0 Å². The largest absolute Gasteiger partial charge is 0.437 e. The number of nitrogens with zero attached hydrogens (tertiary/aromatic N) is 1. The van der Waals surface area contributed by atoms with Crippen LogP contribution in [0.3, 0.4) is 0 Å². The summed E-state index contributed by atoms with van der Waals surface area (Å²) in [5, 5.41) is 2.61. The highest BCUT2D eigenvalue weighted by molar-refractivity contribution is 5.76. The van der Waals surface area contributed by atoms with Crippen LogP contribution in [0.4, 0.5) is 9.59 Å². The predicted octanol–water partition coefficient (Wildman–Crippen LogP) is -0.935. The first-order valence-corrected chi connectivity index (χ1v) is 4.57. The van der Waals surface area contributed by atoms with Gasteiger partial charge in [0.05, 0.1) is 6.54 Å². The molecule has 3 amide bonds. The molecule has 3 N–H and O–H groups in total. The normalized spacial score (nSPS) is 17.9. The molecule has 1 saturated heterocycles. The van der Waals surface area contributed by atoms with Gasteiger partial charge in [0.1, 0.15) is 0 Å². The molecule has 0 aromatic heterocycles. The van der Waals surface area contributed by atoms with Crippen molar-refractivity contribution in [2.45, 2.75) is 12.5 Å². The highest BCUT2D eigenvalue weighted by Crippen LogP contribution is 2.01. The van der Waals surface area contributed by atoms with Crippen molar-refractivity contribution < 1.29 is 19.1 Å². The van der Waals surface area contributed by atoms with Gasteiger partial charge in [-0.2, -0.15) is 0 Å². The molecule has 15 heavy (non-hydrogen) atoms. The van der Waals surface area contributed by atoms with Crippen LogP contribution < -0.4 is 11.1 Å². The van der Waals surface area contributed by atoms with Gasteiger partial charge in [-0.3, -0.25) is 4.79 Å². The Morgan fingerprint density at radius 1 is 1.73 bits per heavy atom. The summed E-state index contributed by atoms with van der Waals surface area (Å²) < 4.78 is 4.50. The first kappa shape index (κ1) is 11.3. The minimum absolute atomic E-state index is 0.0400. The number of urea groups is 1. The Labute approximate surface area is 86.5 Å². The fraction of sp³-hybridized carbons (Fsp3) is 0.625. The van der Waals surface area contributed by atoms with Crippen molar-refractivity contribution in [1.29, 1.82) is 0 Å². The predicted molar refractivity (Wildman–Crippen MR) is 50.1 cm³/mol. The monoisotopic (exact) mass is 215 g/mol. The van der Waals surface area contributed by atoms with Gasteiger partial charge in [0.2, 0.25) is 0 Å². The third kappa shape index (κ3) is 3.45. The fourth-order valence-corrected chi connectivity index (χ4v) is 1.33. The second kappa shape index (κ2) is 5.18. The minimum Gasteiger partial charge on any atom is -0.437 e. The van der Waals surface area contributed by atoms with E-state index in [1.807, 2.05) is 0 Å². The van der Waals surface area contributed by atoms with E-state index in [9.17, 15) is 14.4 Å². The first-order valence-electron chi connectivity index (χ1n) is 4.57. The summed E-state index contributed by atoms with van der Waals surface area (Å²) in [5.74, 6) is 0. The Morgan fingerprint density at radius 2 is 2.47 bits per heavy atom. The van der Waals surface area contributed by atoms with Crippen LogP contribution in [0.25, 0.3) is 0 Å². The van der Waals surface area contributed by atoms with Crippen LogP contribution in [0.5, 0.6) is 0 Å². The van der Waals surface area contributed by atoms with Gasteiger partial charge in [-0.05, 0) is 6.42 Å². The van der Waals surface area contributed by atoms with E-state index < -0.39 is 12.2 Å². The summed E-state index contributed by atoms with van der Waals surface area (Å²) in [5.41, 5.74) is 4.77. The summed E-state index contributed by atoms with van der Waals surface area (Å²) in [6, 6.07) is -0.263. The van der Waals surface area contributed by atoms with E-state index in [0.717, 1.165) is 6.42 Å². The zero-order valence-electron chi connectivity index (χ0n) is 8.14. The minimum atomic E-state index is -1.02. The van der Waals surface area contributed by atoms with E-state index >= 15 is 0 Å². The Kier molecular flexibility index (Phi) is 3.90. The SMILES string of the molecule is NC(=O)OC(C=O)CN1CCCNC1=O. The van der Waals surface area contributed by atoms with E-state index in [1.54, 1.807) is 0 Å². The van der Waals surface area contributed by atoms with Gasteiger partial charge in [0.15, 0.2) is 12.4 Å². The maximum Gasteiger partial charge on any atom is 0.405 e. The number of ether oxygens (including phenoxy) is 1. The van der Waals surface area contributed by atoms with E-state index in [1.165, 1.54) is 4.90 Å². The van der Waals surface area contributed by atoms with Gasteiger partial charge in [0.25, 0.3) is 0 Å². The number of aldehydes is 1. The van der Waals surface area contributed by atoms with Gasteiger partial charge in [0, 0.05) is 13.1 Å². The average Bonchev–Trinajstić information content (AvgIpc) is 2.19. The van der Waals surface area contributed by atoms with E-state index in [0.29, 0.717) is 19.4 Å². The van der Waals surface area contributed by atoms with Gasteiger partial charge in [-0.1, -0.05) is 0 Å². The standard InChI is InChI=1S/C8H13N3O4/c9-7(13)15-6(5-12)4-11-3-1-2-10-8(11)14/h5-6H,1-4H2,(H2,9,13)(H,10,14). The van der Waals surface area contributed by atoms with Crippen molar-refractivity contribution in [2.24, 2.45) is 5.73 Å². The van der Waals surface area contributed by atoms with Crippen LogP contribution in [0, 0.1) is 0 Å². The molecule has 1 fully saturated rings. The van der Waals surface area contributed by atoms with Gasteiger partial charge >= 0.3 is 12.1 Å². The van der Waals surface area contributed by atoms with Crippen molar-refractivity contribution in [2.75, 3.05) is 19.6 Å². The van der Waals surface area contributed by atoms with E-state index in [-0.39, 0.29) is 12.6 Å². The molecule has 1 aliphatic rings. The number of hydrogen-bond donors (Lipinski definition) is 2. The van der Waals surface area contributed by atoms with Crippen LogP contribution in [-0.4, -0.2) is 49.0 Å². The third-order valence-electron chi connectivity index (χ3n) is 1.99. The maximum absolute atomic E-state index is 11.3. The van der Waals surface area contributed by atoms with Crippen molar-refractivity contribution in [3.63, 3.8) is 0 Å². The number of primary amides is 1. The summed E-state index contributed by atoms with van der Waals surface area (Å²) >= 11 is 0. The molecule has 7 nitrogen and oxygen atoms in total. The fourth-order valence-electron chi connectivity index (χ4n) is 1.33. The second-order valence-electron chi connectivity index (χ2n) is 3.14. The lowest BCUT2D eigenvalue weighted by atomic mass is 10.3. The highest BCUT2D eigenvalue weighted by atomic mass is 16.6. The van der Waals surface area contributed by atoms with Crippen LogP contribution in [-0.2, 0) is 9.53 Å². The molecule has 0 spiro atoms. The molecular formula is C8H13N3O4. The number of carbonyl (C=O) groups excluding carboxylic acids is 3. The molecular weight excluding hydrogens is 202 g/mol. The van der Waals surface area contributed by atoms with E-state index in [4.69, 9.17) is 5.73 Å². The number of carbonyl (C=O) groups is 3. The summed E-state index contributed by atoms with van der Waals surface area (Å²) in [6.45, 7) is 1.20. The number of rotatable bonds is 4. The summed E-state index contributed by atoms with van der Waals surface area (Å²) in [7, 11) is 0. The molecule has 1 unspecified atom stereocenters. The summed E-state index contributed by atoms with van der Waals surface area (Å²) in [4.78, 5) is 33.6. The molecule has 84 valence electrons. The lowest BCUT2D eigenvalue weighted by Gasteiger charge is -2.28. The third-order valence-corrected chi connectivity index (χ3v) is 1.99. The average molecular weight is 215 g/mol. The zero-order chi connectivity index (χ0) is 11.3. The highest BCUT2D eigenvalue weighted by Gasteiger charge is 2.22. The van der Waals surface area contributed by atoms with Crippen LogP contribution in [0.2, 0.25) is 0 Å². The molecule has 0 aromatic rings. The lowest BCUT2D eigenvalue weighted by Crippen LogP contribution is -2.50. The molecule has 7 heteroatoms. The molecule has 1 heterocycles. The van der Waals surface area contributed by atoms with Crippen molar-refractivity contribution in [3.8, 4) is 0 Å². The molecule has 0 saturated carbocycles. The second-order valence-corrected chi connectivity index (χ2v) is 3.14. The molecule has 0 aliphatic carbocycles. The molecule has 1 rings (SSSR count). The van der Waals surface area contributed by atoms with E-state index in [2.05, 4.69) is 10.1 Å². The van der Waals surface area contributed by atoms with Crippen molar-refractivity contribution >= 4 is 18.4 Å². The number of hydrogen-bond acceptors (Lipinski definition) is 4. The van der Waals surface area contributed by atoms with Crippen molar-refractivity contribution in [1.82, 2.24) is 10.2 Å². The van der Waals surface area contributed by atoms with Gasteiger partial charge < -0.3 is 20.7 Å². The van der Waals surface area contributed by atoms with Crippen LogP contribution >= 0.6 is 0 Å². The zero-order valence-corrected chi connectivity index (χ0v) is 8.14. The molecule has 1 atom stereocenters. The lowest BCUT2D eigenvalue weighted by molar-refractivity contribution is -0.115. The smallest absolute Gasteiger partial charge is 0.405 e. The van der Waals surface area contributed by atoms with Crippen LogP contribution in [0.15, 0.2) is 0 Å². The Hall–Kier alpha value is -1.79. The topological polar surface area (TPSA) is 102 Å². The Balaban J connectivity index is 2.45.